The molecule has 0 aromatic heterocycles. The van der Waals surface area contributed by atoms with E-state index in [0.29, 0.717) is 13.2 Å². The molecule has 15 heavy (non-hydrogen) atoms. The maximum atomic E-state index is 11.2. The van der Waals surface area contributed by atoms with Crippen molar-refractivity contribution in [3.63, 3.8) is 0 Å². The molecule has 0 saturated carbocycles. The first kappa shape index (κ1) is 9.83. The Morgan fingerprint density at radius 1 is 1.33 bits per heavy atom. The number of amides is 1. The Kier molecular flexibility index (Phi) is 2.49. The predicted octanol–water partition coefficient (Wildman–Crippen LogP) is 2.08. The lowest BCUT2D eigenvalue weighted by molar-refractivity contribution is 0.163. The Hall–Kier alpha value is -1.71. The van der Waals surface area contributed by atoms with Crippen molar-refractivity contribution in [2.75, 3.05) is 18.6 Å². The highest BCUT2D eigenvalue weighted by Gasteiger charge is 2.22. The van der Waals surface area contributed by atoms with Crippen LogP contribution in [0.15, 0.2) is 18.2 Å². The molecule has 1 aromatic carbocycles. The topological polar surface area (TPSA) is 41.6 Å². The summed E-state index contributed by atoms with van der Waals surface area (Å²) in [7, 11) is 0. The van der Waals surface area contributed by atoms with Gasteiger partial charge in [-0.15, -0.1) is 0 Å². The summed E-state index contributed by atoms with van der Waals surface area (Å²) in [6.07, 6.45) is -0.308. The van der Waals surface area contributed by atoms with E-state index in [4.69, 9.17) is 4.74 Å². The van der Waals surface area contributed by atoms with Crippen molar-refractivity contribution in [1.82, 2.24) is 5.01 Å². The summed E-state index contributed by atoms with van der Waals surface area (Å²) in [6.45, 7) is 5.07. The third-order valence-electron chi connectivity index (χ3n) is 2.49. The monoisotopic (exact) mass is 206 g/mol. The number of nitrogens with one attached hydrogen (secondary N) is 1. The SMILES string of the molecule is Cc1cccc(C)c1NN1CCOC1=O. The summed E-state index contributed by atoms with van der Waals surface area (Å²) >= 11 is 0. The minimum Gasteiger partial charge on any atom is -0.446 e. The summed E-state index contributed by atoms with van der Waals surface area (Å²) in [5, 5.41) is 1.50. The number of cyclic esters (lactones) is 1. The van der Waals surface area contributed by atoms with E-state index in [-0.39, 0.29) is 6.09 Å². The van der Waals surface area contributed by atoms with Crippen molar-refractivity contribution in [3.8, 4) is 0 Å². The lowest BCUT2D eigenvalue weighted by atomic mass is 10.1. The molecule has 1 N–H and O–H groups in total. The van der Waals surface area contributed by atoms with Crippen LogP contribution in [0.4, 0.5) is 10.5 Å². The average molecular weight is 206 g/mol. The number of hydrazine groups is 1. The van der Waals surface area contributed by atoms with E-state index in [1.807, 2.05) is 32.0 Å². The number of aryl methyl sites for hydroxylation is 2. The van der Waals surface area contributed by atoms with Crippen molar-refractivity contribution >= 4 is 11.8 Å². The molecule has 1 fully saturated rings. The molecule has 1 saturated heterocycles. The first-order valence-electron chi connectivity index (χ1n) is 4.95. The van der Waals surface area contributed by atoms with E-state index in [1.54, 1.807) is 0 Å². The maximum absolute atomic E-state index is 11.2. The van der Waals surface area contributed by atoms with Crippen LogP contribution in [0.2, 0.25) is 0 Å². The van der Waals surface area contributed by atoms with Crippen molar-refractivity contribution < 1.29 is 9.53 Å². The first-order chi connectivity index (χ1) is 7.18. The molecule has 4 heteroatoms. The fourth-order valence-electron chi connectivity index (χ4n) is 1.62. The van der Waals surface area contributed by atoms with Gasteiger partial charge < -0.3 is 4.74 Å². The van der Waals surface area contributed by atoms with E-state index >= 15 is 0 Å². The summed E-state index contributed by atoms with van der Waals surface area (Å²) in [5.41, 5.74) is 6.31. The number of carbonyl (C=O) groups is 1. The predicted molar refractivity (Wildman–Crippen MR) is 57.6 cm³/mol. The molecule has 0 bridgehead atoms. The number of hydrogen-bond donors (Lipinski definition) is 1. The second-order valence-corrected chi connectivity index (χ2v) is 3.64. The van der Waals surface area contributed by atoms with Crippen LogP contribution in [0.25, 0.3) is 0 Å². The molecule has 0 unspecified atom stereocenters. The summed E-state index contributed by atoms with van der Waals surface area (Å²) in [6, 6.07) is 6.02. The molecule has 1 aliphatic rings. The number of ether oxygens (including phenoxy) is 1. The molecule has 1 aliphatic heterocycles. The van der Waals surface area contributed by atoms with Gasteiger partial charge in [0, 0.05) is 0 Å². The van der Waals surface area contributed by atoms with E-state index in [1.165, 1.54) is 5.01 Å². The van der Waals surface area contributed by atoms with Gasteiger partial charge in [-0.3, -0.25) is 5.43 Å². The largest absolute Gasteiger partial charge is 0.446 e. The van der Waals surface area contributed by atoms with Gasteiger partial charge in [-0.2, -0.15) is 0 Å². The fourth-order valence-corrected chi connectivity index (χ4v) is 1.62. The van der Waals surface area contributed by atoms with Gasteiger partial charge in [0.1, 0.15) is 6.61 Å². The van der Waals surface area contributed by atoms with Crippen molar-refractivity contribution in [2.45, 2.75) is 13.8 Å². The summed E-state index contributed by atoms with van der Waals surface area (Å²) in [4.78, 5) is 11.2. The number of benzene rings is 1. The maximum Gasteiger partial charge on any atom is 0.428 e. The normalized spacial score (nSPS) is 15.3. The number of rotatable bonds is 2. The van der Waals surface area contributed by atoms with Crippen LogP contribution in [0.5, 0.6) is 0 Å². The molecule has 1 aromatic rings. The number of anilines is 1. The number of hydrogen-bond acceptors (Lipinski definition) is 3. The number of carbonyl (C=O) groups excluding carboxylic acids is 1. The van der Waals surface area contributed by atoms with Crippen LogP contribution in [0, 0.1) is 13.8 Å². The van der Waals surface area contributed by atoms with Gasteiger partial charge in [-0.05, 0) is 25.0 Å². The van der Waals surface area contributed by atoms with Crippen LogP contribution in [-0.4, -0.2) is 24.3 Å². The molecule has 4 nitrogen and oxygen atoms in total. The molecule has 1 amide bonds. The van der Waals surface area contributed by atoms with Crippen molar-refractivity contribution in [3.05, 3.63) is 29.3 Å². The highest BCUT2D eigenvalue weighted by Crippen LogP contribution is 2.21. The smallest absolute Gasteiger partial charge is 0.428 e. The van der Waals surface area contributed by atoms with Gasteiger partial charge >= 0.3 is 6.09 Å². The Morgan fingerprint density at radius 3 is 2.53 bits per heavy atom. The molecule has 0 aliphatic carbocycles. The van der Waals surface area contributed by atoms with Crippen LogP contribution in [-0.2, 0) is 4.74 Å². The third-order valence-corrected chi connectivity index (χ3v) is 2.49. The molecule has 2 rings (SSSR count). The minimum atomic E-state index is -0.308. The van der Waals surface area contributed by atoms with E-state index in [0.717, 1.165) is 16.8 Å². The van der Waals surface area contributed by atoms with Crippen molar-refractivity contribution in [2.24, 2.45) is 0 Å². The van der Waals surface area contributed by atoms with Crippen LogP contribution in [0.1, 0.15) is 11.1 Å². The minimum absolute atomic E-state index is 0.308. The van der Waals surface area contributed by atoms with E-state index in [9.17, 15) is 4.79 Å². The van der Waals surface area contributed by atoms with E-state index in [2.05, 4.69) is 5.43 Å². The Morgan fingerprint density at radius 2 is 2.00 bits per heavy atom. The van der Waals surface area contributed by atoms with Gasteiger partial charge in [0.2, 0.25) is 0 Å². The lowest BCUT2D eigenvalue weighted by Gasteiger charge is -2.19. The second kappa shape index (κ2) is 3.81. The fraction of sp³-hybridized carbons (Fsp3) is 0.364. The summed E-state index contributed by atoms with van der Waals surface area (Å²) < 4.78 is 4.84. The Bertz CT molecular complexity index is 370. The van der Waals surface area contributed by atoms with E-state index < -0.39 is 0 Å². The van der Waals surface area contributed by atoms with Gasteiger partial charge in [0.15, 0.2) is 0 Å². The second-order valence-electron chi connectivity index (χ2n) is 3.64. The molecule has 80 valence electrons. The highest BCUT2D eigenvalue weighted by molar-refractivity contribution is 5.72. The standard InChI is InChI=1S/C11H14N2O2/c1-8-4-3-5-9(2)10(8)12-13-6-7-15-11(13)14/h3-5,12H,6-7H2,1-2H3. The first-order valence-corrected chi connectivity index (χ1v) is 4.95. The van der Waals surface area contributed by atoms with Gasteiger partial charge in [-0.1, -0.05) is 18.2 Å². The number of nitrogens with zero attached hydrogens (tertiary/aromatic N) is 1. The number of para-hydroxylation sites is 1. The molecular weight excluding hydrogens is 192 g/mol. The zero-order valence-electron chi connectivity index (χ0n) is 8.91. The molecular formula is C11H14N2O2. The quantitative estimate of drug-likeness (QED) is 0.805. The van der Waals surface area contributed by atoms with Crippen LogP contribution < -0.4 is 5.43 Å². The molecule has 0 radical (unpaired) electrons. The molecule has 0 spiro atoms. The Labute approximate surface area is 88.8 Å². The average Bonchev–Trinajstić information content (AvgIpc) is 2.58. The van der Waals surface area contributed by atoms with Gasteiger partial charge in [0.05, 0.1) is 12.2 Å². The Balaban J connectivity index is 2.20. The highest BCUT2D eigenvalue weighted by atomic mass is 16.6. The third kappa shape index (κ3) is 1.88. The van der Waals surface area contributed by atoms with Gasteiger partial charge in [-0.25, -0.2) is 9.80 Å². The lowest BCUT2D eigenvalue weighted by Crippen LogP contribution is -2.31. The molecule has 1 heterocycles. The zero-order valence-corrected chi connectivity index (χ0v) is 8.91. The van der Waals surface area contributed by atoms with Crippen LogP contribution in [0.3, 0.4) is 0 Å². The summed E-state index contributed by atoms with van der Waals surface area (Å²) in [5.74, 6) is 0. The van der Waals surface area contributed by atoms with Crippen LogP contribution >= 0.6 is 0 Å². The molecule has 0 atom stereocenters. The zero-order chi connectivity index (χ0) is 10.8. The van der Waals surface area contributed by atoms with Crippen molar-refractivity contribution in [1.29, 1.82) is 0 Å². The van der Waals surface area contributed by atoms with Gasteiger partial charge in [0.25, 0.3) is 0 Å².